The second kappa shape index (κ2) is 12.4. The molecule has 1 heterocycles. The fourth-order valence-electron chi connectivity index (χ4n) is 5.55. The summed E-state index contributed by atoms with van der Waals surface area (Å²) in [7, 11) is -2.86. The highest BCUT2D eigenvalue weighted by Crippen LogP contribution is 2.37. The van der Waals surface area contributed by atoms with Crippen molar-refractivity contribution in [2.45, 2.75) is 36.7 Å². The van der Waals surface area contributed by atoms with Crippen molar-refractivity contribution in [1.29, 1.82) is 0 Å². The number of amides is 1. The number of carbonyl (C=O) groups is 2. The zero-order valence-electron chi connectivity index (χ0n) is 23.8. The molecule has 0 radical (unpaired) electrons. The lowest BCUT2D eigenvalue weighted by molar-refractivity contribution is -0.142. The van der Waals surface area contributed by atoms with Crippen LogP contribution in [0.3, 0.4) is 0 Å². The third-order valence-corrected chi connectivity index (χ3v) is 9.58. The number of anilines is 1. The van der Waals surface area contributed by atoms with Gasteiger partial charge in [0.05, 0.1) is 23.6 Å². The minimum absolute atomic E-state index is 0.0275. The van der Waals surface area contributed by atoms with Gasteiger partial charge in [-0.25, -0.2) is 12.8 Å². The van der Waals surface area contributed by atoms with E-state index in [2.05, 4.69) is 5.32 Å². The van der Waals surface area contributed by atoms with Crippen molar-refractivity contribution in [2.75, 3.05) is 18.0 Å². The lowest BCUT2D eigenvalue weighted by atomic mass is 9.94. The van der Waals surface area contributed by atoms with Crippen LogP contribution in [0.1, 0.15) is 28.2 Å². The first kappa shape index (κ1) is 29.9. The molecule has 0 saturated carbocycles. The standard InChI is InChI=1S/C33H32FN3O5S/c1-21-17-25(34)13-16-27(21)22-11-14-26(15-12-22)43(40,41)37-30-10-6-4-7-23(30)18-31(37)32(38)36-20-24-8-3-5-9-28(24)29(19-35)33(39)42-2/h3-17,29,31H,18-20,35H2,1-2H3,(H,36,38)/t29?,31-/m0/s1. The normalized spacial score (nSPS) is 15.1. The molecule has 10 heteroatoms. The second-order valence-corrected chi connectivity index (χ2v) is 12.2. The number of nitrogens with zero attached hydrogens (tertiary/aromatic N) is 1. The van der Waals surface area contributed by atoms with Crippen LogP contribution < -0.4 is 15.4 Å². The molecule has 43 heavy (non-hydrogen) atoms. The van der Waals surface area contributed by atoms with Gasteiger partial charge in [0.15, 0.2) is 0 Å². The Hall–Kier alpha value is -4.54. The molecule has 5 rings (SSSR count). The van der Waals surface area contributed by atoms with Crippen molar-refractivity contribution in [1.82, 2.24) is 5.32 Å². The van der Waals surface area contributed by atoms with Crippen molar-refractivity contribution in [3.05, 3.63) is 119 Å². The van der Waals surface area contributed by atoms with E-state index >= 15 is 0 Å². The lowest BCUT2D eigenvalue weighted by Crippen LogP contribution is -2.47. The Bertz CT molecular complexity index is 1780. The van der Waals surface area contributed by atoms with E-state index in [0.717, 1.165) is 22.3 Å². The average Bonchev–Trinajstić information content (AvgIpc) is 3.41. The highest BCUT2D eigenvalue weighted by Gasteiger charge is 2.42. The molecule has 0 spiro atoms. The summed E-state index contributed by atoms with van der Waals surface area (Å²) in [5.41, 5.74) is 10.6. The van der Waals surface area contributed by atoms with E-state index in [-0.39, 0.29) is 30.2 Å². The zero-order chi connectivity index (χ0) is 30.7. The topological polar surface area (TPSA) is 119 Å². The van der Waals surface area contributed by atoms with Gasteiger partial charge in [-0.15, -0.1) is 0 Å². The summed E-state index contributed by atoms with van der Waals surface area (Å²) in [5.74, 6) is -2.00. The average molecular weight is 602 g/mol. The van der Waals surface area contributed by atoms with Crippen LogP contribution in [0.4, 0.5) is 10.1 Å². The number of para-hydroxylation sites is 1. The van der Waals surface area contributed by atoms with E-state index in [9.17, 15) is 22.4 Å². The quantitative estimate of drug-likeness (QED) is 0.274. The monoisotopic (exact) mass is 601 g/mol. The highest BCUT2D eigenvalue weighted by molar-refractivity contribution is 7.93. The smallest absolute Gasteiger partial charge is 0.314 e. The van der Waals surface area contributed by atoms with E-state index in [0.29, 0.717) is 16.8 Å². The largest absolute Gasteiger partial charge is 0.469 e. The van der Waals surface area contributed by atoms with Gasteiger partial charge >= 0.3 is 5.97 Å². The number of rotatable bonds is 9. The Morgan fingerprint density at radius 3 is 2.42 bits per heavy atom. The van der Waals surface area contributed by atoms with E-state index in [1.807, 2.05) is 6.07 Å². The van der Waals surface area contributed by atoms with Crippen LogP contribution in [0.5, 0.6) is 0 Å². The number of fused-ring (bicyclic) bond motifs is 1. The number of aryl methyl sites for hydroxylation is 1. The number of ether oxygens (including phenoxy) is 1. The number of hydrogen-bond acceptors (Lipinski definition) is 6. The van der Waals surface area contributed by atoms with Gasteiger partial charge in [0.1, 0.15) is 11.9 Å². The number of nitrogens with two attached hydrogens (primary N) is 1. The molecule has 0 saturated heterocycles. The molecular weight excluding hydrogens is 569 g/mol. The van der Waals surface area contributed by atoms with E-state index < -0.39 is 33.9 Å². The van der Waals surface area contributed by atoms with Crippen LogP contribution in [-0.2, 0) is 37.3 Å². The molecule has 4 aromatic carbocycles. The highest BCUT2D eigenvalue weighted by atomic mass is 32.2. The molecule has 1 unspecified atom stereocenters. The maximum atomic E-state index is 14.1. The summed E-state index contributed by atoms with van der Waals surface area (Å²) in [4.78, 5) is 26.0. The Labute approximate surface area is 250 Å². The van der Waals surface area contributed by atoms with E-state index in [1.54, 1.807) is 67.6 Å². The summed E-state index contributed by atoms with van der Waals surface area (Å²) in [6, 6.07) is 23.9. The summed E-state index contributed by atoms with van der Waals surface area (Å²) in [5, 5.41) is 2.88. The fraction of sp³-hybridized carbons (Fsp3) is 0.212. The molecule has 1 amide bonds. The number of hydrogen-bond donors (Lipinski definition) is 2. The first-order valence-corrected chi connectivity index (χ1v) is 15.2. The maximum absolute atomic E-state index is 14.1. The first-order valence-electron chi connectivity index (χ1n) is 13.8. The van der Waals surface area contributed by atoms with Crippen LogP contribution >= 0.6 is 0 Å². The number of sulfonamides is 1. The number of halogens is 1. The minimum Gasteiger partial charge on any atom is -0.469 e. The van der Waals surface area contributed by atoms with Crippen LogP contribution in [0.15, 0.2) is 95.9 Å². The molecule has 4 aromatic rings. The van der Waals surface area contributed by atoms with Crippen LogP contribution in [-0.4, -0.2) is 40.0 Å². The summed E-state index contributed by atoms with van der Waals surface area (Å²) in [6.07, 6.45) is 0.198. The number of carbonyl (C=O) groups excluding carboxylic acids is 2. The second-order valence-electron chi connectivity index (χ2n) is 10.4. The number of benzene rings is 4. The van der Waals surface area contributed by atoms with E-state index in [1.165, 1.54) is 35.7 Å². The van der Waals surface area contributed by atoms with Crippen LogP contribution in [0.25, 0.3) is 11.1 Å². The van der Waals surface area contributed by atoms with Gasteiger partial charge in [-0.1, -0.05) is 60.7 Å². The third-order valence-electron chi connectivity index (χ3n) is 7.74. The van der Waals surface area contributed by atoms with Crippen LogP contribution in [0.2, 0.25) is 0 Å². The van der Waals surface area contributed by atoms with Gasteiger partial charge in [-0.05, 0) is 70.6 Å². The molecule has 0 aliphatic carbocycles. The predicted octanol–water partition coefficient (Wildman–Crippen LogP) is 4.45. The zero-order valence-corrected chi connectivity index (χ0v) is 24.6. The Morgan fingerprint density at radius 1 is 1.02 bits per heavy atom. The Kier molecular flexibility index (Phi) is 8.61. The van der Waals surface area contributed by atoms with Gasteiger partial charge in [0, 0.05) is 19.5 Å². The van der Waals surface area contributed by atoms with Crippen LogP contribution in [0, 0.1) is 12.7 Å². The SMILES string of the molecule is COC(=O)C(CN)c1ccccc1CNC(=O)[C@@H]1Cc2ccccc2N1S(=O)(=O)c1ccc(-c2ccc(F)cc2C)cc1. The molecule has 222 valence electrons. The van der Waals surface area contributed by atoms with Gasteiger partial charge in [-0.3, -0.25) is 13.9 Å². The fourth-order valence-corrected chi connectivity index (χ4v) is 7.20. The number of methoxy groups -OCH3 is 1. The molecule has 1 aliphatic heterocycles. The van der Waals surface area contributed by atoms with Gasteiger partial charge in [-0.2, -0.15) is 0 Å². The Morgan fingerprint density at radius 2 is 1.72 bits per heavy atom. The summed E-state index contributed by atoms with van der Waals surface area (Å²) >= 11 is 0. The summed E-state index contributed by atoms with van der Waals surface area (Å²) in [6.45, 7) is 1.88. The molecular formula is C33H32FN3O5S. The third kappa shape index (κ3) is 5.89. The minimum atomic E-state index is -4.15. The first-order chi connectivity index (χ1) is 20.6. The van der Waals surface area contributed by atoms with Gasteiger partial charge < -0.3 is 15.8 Å². The van der Waals surface area contributed by atoms with Crippen molar-refractivity contribution in [2.24, 2.45) is 5.73 Å². The summed E-state index contributed by atoms with van der Waals surface area (Å²) < 4.78 is 47.8. The Balaban J connectivity index is 1.42. The molecule has 1 aliphatic rings. The van der Waals surface area contributed by atoms with E-state index in [4.69, 9.17) is 10.5 Å². The molecule has 3 N–H and O–H groups in total. The maximum Gasteiger partial charge on any atom is 0.314 e. The van der Waals surface area contributed by atoms with Gasteiger partial charge in [0.25, 0.3) is 10.0 Å². The number of esters is 1. The van der Waals surface area contributed by atoms with Gasteiger partial charge in [0.2, 0.25) is 5.91 Å². The van der Waals surface area contributed by atoms with Crippen molar-refractivity contribution in [3.8, 4) is 11.1 Å². The van der Waals surface area contributed by atoms with Crippen molar-refractivity contribution in [3.63, 3.8) is 0 Å². The molecule has 0 fully saturated rings. The molecule has 0 bridgehead atoms. The molecule has 0 aromatic heterocycles. The van der Waals surface area contributed by atoms with Crippen molar-refractivity contribution >= 4 is 27.6 Å². The lowest BCUT2D eigenvalue weighted by Gasteiger charge is -2.26. The molecule has 2 atom stereocenters. The number of nitrogens with one attached hydrogen (secondary N) is 1. The molecule has 8 nitrogen and oxygen atoms in total. The predicted molar refractivity (Wildman–Crippen MR) is 162 cm³/mol. The van der Waals surface area contributed by atoms with Crippen molar-refractivity contribution < 1.29 is 27.1 Å².